The minimum Gasteiger partial charge on any atom is -0.504 e. The number of aromatic nitrogens is 1. The molecule has 39 heavy (non-hydrogen) atoms. The average molecular weight is 576 g/mol. The number of nitrogens with one attached hydrogen (secondary N) is 1. The molecule has 10 heteroatoms. The number of hydrogen-bond acceptors (Lipinski definition) is 6. The number of hydrogen-bond donors (Lipinski definition) is 2. The summed E-state index contributed by atoms with van der Waals surface area (Å²) in [5, 5.41) is 14.0. The van der Waals surface area contributed by atoms with Crippen molar-refractivity contribution < 1.29 is 19.1 Å². The van der Waals surface area contributed by atoms with Crippen LogP contribution in [0.4, 0.5) is 10.1 Å². The maximum atomic E-state index is 14.2. The third-order valence-corrected chi connectivity index (χ3v) is 8.13. The largest absolute Gasteiger partial charge is 0.504 e. The Morgan fingerprint density at radius 3 is 2.38 bits per heavy atom. The summed E-state index contributed by atoms with van der Waals surface area (Å²) in [6.45, 7) is 4.92. The molecule has 1 aromatic heterocycles. The highest BCUT2D eigenvalue weighted by atomic mass is 35.5. The van der Waals surface area contributed by atoms with Gasteiger partial charge in [-0.05, 0) is 75.0 Å². The number of amides is 1. The zero-order chi connectivity index (χ0) is 27.0. The van der Waals surface area contributed by atoms with Crippen LogP contribution in [0.2, 0.25) is 5.02 Å². The van der Waals surface area contributed by atoms with Crippen molar-refractivity contribution in [3.05, 3.63) is 52.9 Å². The lowest BCUT2D eigenvalue weighted by atomic mass is 9.84. The maximum Gasteiger partial charge on any atom is 0.225 e. The molecule has 1 aliphatic carbocycles. The van der Waals surface area contributed by atoms with Crippen LogP contribution in [0.25, 0.3) is 22.0 Å². The SMILES string of the molecule is CC(=O)c1cnc2ccc(-c3cc(F)c(O)c(Cl)c3)cc2c1NC1CCC(C(=O)N2CCN(C)CC2)CC1.Cl. The fourth-order valence-corrected chi connectivity index (χ4v) is 5.71. The van der Waals surface area contributed by atoms with Gasteiger partial charge in [0.25, 0.3) is 0 Å². The summed E-state index contributed by atoms with van der Waals surface area (Å²) in [7, 11) is 2.08. The first-order valence-electron chi connectivity index (χ1n) is 13.1. The number of ketones is 1. The molecule has 5 rings (SSSR count). The number of nitrogens with zero attached hydrogens (tertiary/aromatic N) is 3. The second kappa shape index (κ2) is 12.1. The first kappa shape index (κ1) is 29.1. The molecule has 1 amide bonds. The predicted molar refractivity (Wildman–Crippen MR) is 155 cm³/mol. The van der Waals surface area contributed by atoms with Gasteiger partial charge in [-0.25, -0.2) is 4.39 Å². The van der Waals surface area contributed by atoms with Gasteiger partial charge in [-0.2, -0.15) is 0 Å². The van der Waals surface area contributed by atoms with Crippen molar-refractivity contribution in [3.63, 3.8) is 0 Å². The van der Waals surface area contributed by atoms with Gasteiger partial charge in [0.1, 0.15) is 0 Å². The highest BCUT2D eigenvalue weighted by Crippen LogP contribution is 2.37. The van der Waals surface area contributed by atoms with E-state index in [0.29, 0.717) is 27.9 Å². The van der Waals surface area contributed by atoms with Gasteiger partial charge >= 0.3 is 0 Å². The molecule has 1 aliphatic heterocycles. The molecule has 3 aromatic rings. The molecule has 2 N–H and O–H groups in total. The first-order valence-corrected chi connectivity index (χ1v) is 13.4. The standard InChI is InChI=1S/C29H32ClFN4O3.ClH/c1-17(36)23-16-32-26-8-5-19(20-14-24(30)28(37)25(31)15-20)13-22(26)27(23)33-21-6-3-18(4-7-21)29(38)35-11-9-34(2)10-12-35;/h5,8,13-16,18,21,37H,3-4,6-7,9-12H2,1-2H3,(H,32,33);1H. The molecule has 0 bridgehead atoms. The van der Waals surface area contributed by atoms with Crippen LogP contribution in [0.15, 0.2) is 36.5 Å². The van der Waals surface area contributed by atoms with Crippen molar-refractivity contribution in [3.8, 4) is 16.9 Å². The Bertz CT molecular complexity index is 1360. The second-order valence-corrected chi connectivity index (χ2v) is 10.9. The number of benzene rings is 2. The Morgan fingerprint density at radius 2 is 1.74 bits per heavy atom. The highest BCUT2D eigenvalue weighted by Gasteiger charge is 2.31. The quantitative estimate of drug-likeness (QED) is 0.376. The summed E-state index contributed by atoms with van der Waals surface area (Å²) in [5.41, 5.74) is 3.08. The van der Waals surface area contributed by atoms with Crippen LogP contribution in [0.1, 0.15) is 43.0 Å². The van der Waals surface area contributed by atoms with Gasteiger partial charge in [-0.3, -0.25) is 14.6 Å². The lowest BCUT2D eigenvalue weighted by Gasteiger charge is -2.37. The number of phenols is 1. The monoisotopic (exact) mass is 574 g/mol. The van der Waals surface area contributed by atoms with Gasteiger partial charge in [0, 0.05) is 49.7 Å². The number of phenolic OH excluding ortho intramolecular Hbond substituents is 1. The topological polar surface area (TPSA) is 85.8 Å². The second-order valence-electron chi connectivity index (χ2n) is 10.4. The van der Waals surface area contributed by atoms with Gasteiger partial charge in [0.15, 0.2) is 17.3 Å². The van der Waals surface area contributed by atoms with Crippen LogP contribution in [0.3, 0.4) is 0 Å². The zero-order valence-corrected chi connectivity index (χ0v) is 23.6. The van der Waals surface area contributed by atoms with Gasteiger partial charge < -0.3 is 20.2 Å². The van der Waals surface area contributed by atoms with E-state index < -0.39 is 11.6 Å². The van der Waals surface area contributed by atoms with Gasteiger partial charge in [0.05, 0.1) is 21.8 Å². The molecule has 1 saturated carbocycles. The minimum atomic E-state index is -0.801. The summed E-state index contributed by atoms with van der Waals surface area (Å²) in [6, 6.07) is 8.35. The summed E-state index contributed by atoms with van der Waals surface area (Å²) < 4.78 is 14.2. The number of carbonyl (C=O) groups excluding carboxylic acids is 2. The van der Waals surface area contributed by atoms with Gasteiger partial charge in [0.2, 0.25) is 5.91 Å². The third kappa shape index (κ3) is 6.13. The number of likely N-dealkylation sites (N-methyl/N-ethyl adjacent to an activating group) is 1. The molecule has 7 nitrogen and oxygen atoms in total. The number of pyridine rings is 1. The van der Waals surface area contributed by atoms with Crippen molar-refractivity contribution in [2.75, 3.05) is 38.5 Å². The summed E-state index contributed by atoms with van der Waals surface area (Å²) in [5.74, 6) is -1.19. The molecule has 0 unspecified atom stereocenters. The van der Waals surface area contributed by atoms with Gasteiger partial charge in [-0.15, -0.1) is 12.4 Å². The lowest BCUT2D eigenvalue weighted by Crippen LogP contribution is -2.49. The van der Waals surface area contributed by atoms with Crippen molar-refractivity contribution in [1.29, 1.82) is 0 Å². The number of aromatic hydroxyl groups is 1. The Morgan fingerprint density at radius 1 is 1.05 bits per heavy atom. The number of piperazine rings is 1. The Kier molecular flexibility index (Phi) is 8.99. The number of rotatable bonds is 5. The molecule has 1 saturated heterocycles. The molecular weight excluding hydrogens is 542 g/mol. The van der Waals surface area contributed by atoms with E-state index in [-0.39, 0.29) is 41.1 Å². The minimum absolute atomic E-state index is 0. The molecule has 2 aromatic carbocycles. The van der Waals surface area contributed by atoms with E-state index in [0.717, 1.165) is 57.2 Å². The van der Waals surface area contributed by atoms with E-state index in [2.05, 4.69) is 22.2 Å². The number of carbonyl (C=O) groups is 2. The normalized spacial score (nSPS) is 19.9. The van der Waals surface area contributed by atoms with Crippen LogP contribution < -0.4 is 5.32 Å². The van der Waals surface area contributed by atoms with Crippen LogP contribution in [0, 0.1) is 11.7 Å². The van der Waals surface area contributed by atoms with E-state index in [4.69, 9.17) is 11.6 Å². The Balaban J connectivity index is 0.00000353. The Labute approximate surface area is 238 Å². The number of fused-ring (bicyclic) bond motifs is 1. The van der Waals surface area contributed by atoms with E-state index in [1.54, 1.807) is 6.20 Å². The summed E-state index contributed by atoms with van der Waals surface area (Å²) >= 11 is 6.02. The Hall–Kier alpha value is -2.94. The predicted octanol–water partition coefficient (Wildman–Crippen LogP) is 5.77. The molecule has 0 atom stereocenters. The molecular formula is C29H33Cl2FN4O3. The van der Waals surface area contributed by atoms with Crippen LogP contribution in [-0.2, 0) is 4.79 Å². The van der Waals surface area contributed by atoms with Gasteiger partial charge in [-0.1, -0.05) is 17.7 Å². The number of halogens is 3. The van der Waals surface area contributed by atoms with Crippen LogP contribution in [-0.4, -0.2) is 70.8 Å². The van der Waals surface area contributed by atoms with Crippen LogP contribution >= 0.6 is 24.0 Å². The number of Topliss-reactive ketones (excluding diaryl/α,β-unsaturated/α-hetero) is 1. The lowest BCUT2D eigenvalue weighted by molar-refractivity contribution is -0.138. The maximum absolute atomic E-state index is 14.2. The molecule has 0 spiro atoms. The average Bonchev–Trinajstić information content (AvgIpc) is 2.91. The zero-order valence-electron chi connectivity index (χ0n) is 22.0. The van der Waals surface area contributed by atoms with E-state index in [9.17, 15) is 19.1 Å². The van der Waals surface area contributed by atoms with E-state index in [1.807, 2.05) is 23.1 Å². The van der Waals surface area contributed by atoms with Crippen LogP contribution in [0.5, 0.6) is 5.75 Å². The van der Waals surface area contributed by atoms with Crippen molar-refractivity contribution in [2.45, 2.75) is 38.6 Å². The molecule has 208 valence electrons. The number of anilines is 1. The smallest absolute Gasteiger partial charge is 0.225 e. The van der Waals surface area contributed by atoms with Crippen molar-refractivity contribution >= 4 is 52.3 Å². The van der Waals surface area contributed by atoms with E-state index in [1.165, 1.54) is 19.1 Å². The van der Waals surface area contributed by atoms with Crippen molar-refractivity contribution in [2.24, 2.45) is 5.92 Å². The van der Waals surface area contributed by atoms with Crippen molar-refractivity contribution in [1.82, 2.24) is 14.8 Å². The fourth-order valence-electron chi connectivity index (χ4n) is 5.50. The first-order chi connectivity index (χ1) is 18.2. The summed E-state index contributed by atoms with van der Waals surface area (Å²) in [4.78, 5) is 34.3. The molecule has 2 heterocycles. The summed E-state index contributed by atoms with van der Waals surface area (Å²) in [6.07, 6.45) is 4.84. The highest BCUT2D eigenvalue weighted by molar-refractivity contribution is 6.32. The molecule has 2 fully saturated rings. The fraction of sp³-hybridized carbons (Fsp3) is 0.414. The molecule has 0 radical (unpaired) electrons. The van der Waals surface area contributed by atoms with E-state index >= 15 is 0 Å². The third-order valence-electron chi connectivity index (χ3n) is 7.84. The molecule has 2 aliphatic rings.